The number of nitrogens with one attached hydrogen (secondary N) is 1. The zero-order valence-corrected chi connectivity index (χ0v) is 16.6. The lowest BCUT2D eigenvalue weighted by Crippen LogP contribution is -2.31. The normalized spacial score (nSPS) is 21.7. The molecular formula is C18H25Cl2N3OS. The molecule has 4 nitrogen and oxygen atoms in total. The fourth-order valence-corrected chi connectivity index (χ4v) is 4.81. The number of hydrogen-bond donors (Lipinski definition) is 1. The molecule has 2 saturated heterocycles. The van der Waals surface area contributed by atoms with Gasteiger partial charge in [-0.05, 0) is 43.2 Å². The van der Waals surface area contributed by atoms with Crippen molar-refractivity contribution in [3.05, 3.63) is 29.3 Å². The second-order valence-corrected chi connectivity index (χ2v) is 7.87. The van der Waals surface area contributed by atoms with Gasteiger partial charge in [-0.3, -0.25) is 4.79 Å². The summed E-state index contributed by atoms with van der Waals surface area (Å²) in [7, 11) is 0. The first-order valence-corrected chi connectivity index (χ1v) is 9.44. The SMILES string of the molecule is Cl.Cl.O=C(CCCCc1nc2ccccc2s1)N1C[C@H]2CNC[C@H]2C1. The molecule has 0 spiro atoms. The lowest BCUT2D eigenvalue weighted by atomic mass is 10.0. The third kappa shape index (κ3) is 4.64. The predicted octanol–water partition coefficient (Wildman–Crippen LogP) is 3.53. The number of aryl methyl sites for hydroxylation is 1. The Bertz CT molecular complexity index is 663. The molecule has 0 unspecified atom stereocenters. The second kappa shape index (κ2) is 9.17. The Hall–Kier alpha value is -0.880. The van der Waals surface area contributed by atoms with Crippen LogP contribution in [0.25, 0.3) is 10.2 Å². The Morgan fingerprint density at radius 2 is 1.88 bits per heavy atom. The first-order valence-electron chi connectivity index (χ1n) is 8.62. The molecule has 2 atom stereocenters. The molecule has 1 amide bonds. The van der Waals surface area contributed by atoms with Gasteiger partial charge >= 0.3 is 0 Å². The van der Waals surface area contributed by atoms with E-state index in [4.69, 9.17) is 0 Å². The number of thiazole rings is 1. The fourth-order valence-electron chi connectivity index (χ4n) is 3.80. The van der Waals surface area contributed by atoms with Crippen molar-refractivity contribution in [3.63, 3.8) is 0 Å². The number of likely N-dealkylation sites (tertiary alicyclic amines) is 1. The molecule has 2 aliphatic heterocycles. The molecule has 25 heavy (non-hydrogen) atoms. The maximum absolute atomic E-state index is 12.3. The molecule has 7 heteroatoms. The Morgan fingerprint density at radius 3 is 2.60 bits per heavy atom. The fraction of sp³-hybridized carbons (Fsp3) is 0.556. The van der Waals surface area contributed by atoms with Crippen LogP contribution in [0.4, 0.5) is 0 Å². The summed E-state index contributed by atoms with van der Waals surface area (Å²) in [5.74, 6) is 1.74. The summed E-state index contributed by atoms with van der Waals surface area (Å²) < 4.78 is 1.26. The molecule has 4 rings (SSSR count). The van der Waals surface area contributed by atoms with Crippen molar-refractivity contribution in [2.45, 2.75) is 25.7 Å². The number of benzene rings is 1. The van der Waals surface area contributed by atoms with Crippen molar-refractivity contribution >= 4 is 52.3 Å². The van der Waals surface area contributed by atoms with Crippen LogP contribution in [-0.2, 0) is 11.2 Å². The molecular weight excluding hydrogens is 377 g/mol. The molecule has 0 aliphatic carbocycles. The van der Waals surface area contributed by atoms with Crippen molar-refractivity contribution in [1.29, 1.82) is 0 Å². The maximum atomic E-state index is 12.3. The summed E-state index contributed by atoms with van der Waals surface area (Å²) in [4.78, 5) is 19.1. The second-order valence-electron chi connectivity index (χ2n) is 6.76. The average Bonchev–Trinajstić information content (AvgIpc) is 3.24. The van der Waals surface area contributed by atoms with Gasteiger partial charge in [0.25, 0.3) is 0 Å². The van der Waals surface area contributed by atoms with Gasteiger partial charge in [0.2, 0.25) is 5.91 Å². The van der Waals surface area contributed by atoms with Crippen LogP contribution in [-0.4, -0.2) is 42.0 Å². The van der Waals surface area contributed by atoms with E-state index in [0.29, 0.717) is 24.2 Å². The van der Waals surface area contributed by atoms with E-state index in [-0.39, 0.29) is 24.8 Å². The number of nitrogens with zero attached hydrogens (tertiary/aromatic N) is 2. The molecule has 2 aliphatic rings. The summed E-state index contributed by atoms with van der Waals surface area (Å²) in [6.07, 6.45) is 3.70. The van der Waals surface area contributed by atoms with Crippen LogP contribution in [0.15, 0.2) is 24.3 Å². The Morgan fingerprint density at radius 1 is 1.16 bits per heavy atom. The van der Waals surface area contributed by atoms with Gasteiger partial charge in [0, 0.05) is 32.6 Å². The average molecular weight is 402 g/mol. The van der Waals surface area contributed by atoms with Gasteiger partial charge in [-0.15, -0.1) is 36.2 Å². The van der Waals surface area contributed by atoms with Gasteiger partial charge in [0.05, 0.1) is 15.2 Å². The number of para-hydroxylation sites is 1. The summed E-state index contributed by atoms with van der Waals surface area (Å²) in [5.41, 5.74) is 1.10. The van der Waals surface area contributed by atoms with Gasteiger partial charge in [-0.2, -0.15) is 0 Å². The quantitative estimate of drug-likeness (QED) is 0.779. The predicted molar refractivity (Wildman–Crippen MR) is 108 cm³/mol. The van der Waals surface area contributed by atoms with E-state index < -0.39 is 0 Å². The molecule has 0 bridgehead atoms. The van der Waals surface area contributed by atoms with Crippen LogP contribution in [0, 0.1) is 11.8 Å². The van der Waals surface area contributed by atoms with Crippen LogP contribution in [0.2, 0.25) is 0 Å². The minimum Gasteiger partial charge on any atom is -0.342 e. The molecule has 138 valence electrons. The number of halogens is 2. The highest BCUT2D eigenvalue weighted by Gasteiger charge is 2.37. The summed E-state index contributed by atoms with van der Waals surface area (Å²) in [6, 6.07) is 8.28. The van der Waals surface area contributed by atoms with Gasteiger partial charge in [0.15, 0.2) is 0 Å². The zero-order valence-electron chi connectivity index (χ0n) is 14.1. The van der Waals surface area contributed by atoms with Gasteiger partial charge < -0.3 is 10.2 Å². The van der Waals surface area contributed by atoms with Gasteiger partial charge in [-0.25, -0.2) is 4.98 Å². The number of carbonyl (C=O) groups excluding carboxylic acids is 1. The zero-order chi connectivity index (χ0) is 15.6. The van der Waals surface area contributed by atoms with Gasteiger partial charge in [-0.1, -0.05) is 12.1 Å². The highest BCUT2D eigenvalue weighted by molar-refractivity contribution is 7.18. The lowest BCUT2D eigenvalue weighted by molar-refractivity contribution is -0.130. The van der Waals surface area contributed by atoms with Crippen molar-refractivity contribution < 1.29 is 4.79 Å². The van der Waals surface area contributed by atoms with Crippen molar-refractivity contribution in [1.82, 2.24) is 15.2 Å². The Labute approximate surface area is 165 Å². The van der Waals surface area contributed by atoms with Crippen molar-refractivity contribution in [2.75, 3.05) is 26.2 Å². The summed E-state index contributed by atoms with van der Waals surface area (Å²) >= 11 is 1.78. The highest BCUT2D eigenvalue weighted by atomic mass is 35.5. The van der Waals surface area contributed by atoms with E-state index in [2.05, 4.69) is 33.4 Å². The molecule has 0 radical (unpaired) electrons. The van der Waals surface area contributed by atoms with Crippen molar-refractivity contribution in [2.24, 2.45) is 11.8 Å². The molecule has 3 heterocycles. The van der Waals surface area contributed by atoms with E-state index in [1.807, 2.05) is 6.07 Å². The first kappa shape index (κ1) is 20.4. The topological polar surface area (TPSA) is 45.2 Å². The van der Waals surface area contributed by atoms with Crippen LogP contribution in [0.3, 0.4) is 0 Å². The largest absolute Gasteiger partial charge is 0.342 e. The van der Waals surface area contributed by atoms with Crippen LogP contribution in [0.1, 0.15) is 24.3 Å². The van der Waals surface area contributed by atoms with E-state index >= 15 is 0 Å². The number of aromatic nitrogens is 1. The van der Waals surface area contributed by atoms with E-state index in [1.54, 1.807) is 11.3 Å². The smallest absolute Gasteiger partial charge is 0.222 e. The molecule has 1 N–H and O–H groups in total. The number of rotatable bonds is 5. The third-order valence-corrected chi connectivity index (χ3v) is 6.21. The van der Waals surface area contributed by atoms with Crippen LogP contribution in [0.5, 0.6) is 0 Å². The third-order valence-electron chi connectivity index (χ3n) is 5.11. The molecule has 0 saturated carbocycles. The first-order chi connectivity index (χ1) is 11.3. The standard InChI is InChI=1S/C18H23N3OS.2ClH/c22-18(21-11-13-9-19-10-14(13)12-21)8-4-3-7-17-20-15-5-1-2-6-16(15)23-17;;/h1-2,5-6,13-14,19H,3-4,7-12H2;2*1H/t13-,14+;;. The number of hydrogen-bond acceptors (Lipinski definition) is 4. The Balaban J connectivity index is 0.00000113. The number of amides is 1. The molecule has 1 aromatic carbocycles. The van der Waals surface area contributed by atoms with Crippen LogP contribution >= 0.6 is 36.2 Å². The molecule has 2 aromatic rings. The van der Waals surface area contributed by atoms with Crippen LogP contribution < -0.4 is 5.32 Å². The van der Waals surface area contributed by atoms with Crippen molar-refractivity contribution in [3.8, 4) is 0 Å². The minimum atomic E-state index is 0. The minimum absolute atomic E-state index is 0. The number of fused-ring (bicyclic) bond motifs is 2. The lowest BCUT2D eigenvalue weighted by Gasteiger charge is -2.17. The number of unbranched alkanes of at least 4 members (excludes halogenated alkanes) is 1. The maximum Gasteiger partial charge on any atom is 0.222 e. The Kier molecular flexibility index (Phi) is 7.50. The molecule has 2 fully saturated rings. The summed E-state index contributed by atoms with van der Waals surface area (Å²) in [5, 5.41) is 4.62. The summed E-state index contributed by atoms with van der Waals surface area (Å²) in [6.45, 7) is 4.11. The highest BCUT2D eigenvalue weighted by Crippen LogP contribution is 2.27. The van der Waals surface area contributed by atoms with E-state index in [0.717, 1.165) is 51.0 Å². The van der Waals surface area contributed by atoms with E-state index in [9.17, 15) is 4.79 Å². The number of carbonyl (C=O) groups is 1. The molecule has 1 aromatic heterocycles. The van der Waals surface area contributed by atoms with Gasteiger partial charge in [0.1, 0.15) is 0 Å². The van der Waals surface area contributed by atoms with E-state index in [1.165, 1.54) is 9.71 Å². The monoisotopic (exact) mass is 401 g/mol.